The maximum Gasteiger partial charge on any atom is 0.246 e. The number of hydrogen-bond donors (Lipinski definition) is 2. The van der Waals surface area contributed by atoms with Crippen LogP contribution in [0.5, 0.6) is 0 Å². The molecule has 1 atom stereocenters. The van der Waals surface area contributed by atoms with E-state index in [1.54, 1.807) is 0 Å². The van der Waals surface area contributed by atoms with Crippen molar-refractivity contribution in [2.24, 2.45) is 0 Å². The van der Waals surface area contributed by atoms with Gasteiger partial charge < -0.3 is 15.4 Å². The standard InChI is InChI=1S/C12H24N2O2S/c1-10(17-2)3-8-14-12(15)9-16-11-4-6-13-7-5-11/h10-11,13H,3-9H2,1-2H3,(H,14,15). The molecule has 1 amide bonds. The predicted molar refractivity (Wildman–Crippen MR) is 72.4 cm³/mol. The molecule has 1 saturated heterocycles. The number of nitrogens with one attached hydrogen (secondary N) is 2. The molecule has 1 aliphatic rings. The SMILES string of the molecule is CSC(C)CCNC(=O)COC1CCNCC1. The topological polar surface area (TPSA) is 50.4 Å². The van der Waals surface area contributed by atoms with Gasteiger partial charge in [-0.05, 0) is 38.6 Å². The smallest absolute Gasteiger partial charge is 0.246 e. The summed E-state index contributed by atoms with van der Waals surface area (Å²) in [4.78, 5) is 11.5. The molecular formula is C12H24N2O2S. The molecule has 2 N–H and O–H groups in total. The first-order valence-corrected chi connectivity index (χ1v) is 7.63. The third-order valence-corrected chi connectivity index (χ3v) is 4.05. The lowest BCUT2D eigenvalue weighted by molar-refractivity contribution is -0.128. The Hall–Kier alpha value is -0.260. The molecule has 1 heterocycles. The second kappa shape index (κ2) is 8.78. The maximum atomic E-state index is 11.5. The Labute approximate surface area is 108 Å². The lowest BCUT2D eigenvalue weighted by Gasteiger charge is -2.22. The van der Waals surface area contributed by atoms with E-state index < -0.39 is 0 Å². The van der Waals surface area contributed by atoms with Gasteiger partial charge in [0.25, 0.3) is 0 Å². The van der Waals surface area contributed by atoms with Gasteiger partial charge in [-0.3, -0.25) is 4.79 Å². The predicted octanol–water partition coefficient (Wildman–Crippen LogP) is 1.01. The zero-order chi connectivity index (χ0) is 12.5. The highest BCUT2D eigenvalue weighted by Gasteiger charge is 2.14. The minimum Gasteiger partial charge on any atom is -0.368 e. The summed E-state index contributed by atoms with van der Waals surface area (Å²) in [6.07, 6.45) is 5.38. The number of amides is 1. The van der Waals surface area contributed by atoms with Crippen LogP contribution in [0.15, 0.2) is 0 Å². The third-order valence-electron chi connectivity index (χ3n) is 3.01. The van der Waals surface area contributed by atoms with Crippen molar-refractivity contribution in [3.63, 3.8) is 0 Å². The molecule has 1 rings (SSSR count). The lowest BCUT2D eigenvalue weighted by Crippen LogP contribution is -2.36. The van der Waals surface area contributed by atoms with Crippen molar-refractivity contribution in [1.82, 2.24) is 10.6 Å². The number of thioether (sulfide) groups is 1. The Morgan fingerprint density at radius 3 is 2.88 bits per heavy atom. The zero-order valence-corrected chi connectivity index (χ0v) is 11.6. The maximum absolute atomic E-state index is 11.5. The average molecular weight is 260 g/mol. The number of carbonyl (C=O) groups excluding carboxylic acids is 1. The number of ether oxygens (including phenoxy) is 1. The van der Waals surface area contributed by atoms with E-state index >= 15 is 0 Å². The fraction of sp³-hybridized carbons (Fsp3) is 0.917. The molecule has 1 fully saturated rings. The summed E-state index contributed by atoms with van der Waals surface area (Å²) in [5, 5.41) is 6.77. The molecule has 0 spiro atoms. The van der Waals surface area contributed by atoms with Crippen molar-refractivity contribution in [3.8, 4) is 0 Å². The summed E-state index contributed by atoms with van der Waals surface area (Å²) in [5.41, 5.74) is 0. The van der Waals surface area contributed by atoms with Crippen LogP contribution in [-0.2, 0) is 9.53 Å². The first kappa shape index (κ1) is 14.8. The molecule has 4 nitrogen and oxygen atoms in total. The van der Waals surface area contributed by atoms with Crippen molar-refractivity contribution >= 4 is 17.7 Å². The highest BCUT2D eigenvalue weighted by Crippen LogP contribution is 2.08. The average Bonchev–Trinajstić information content (AvgIpc) is 2.37. The van der Waals surface area contributed by atoms with Gasteiger partial charge in [-0.1, -0.05) is 6.92 Å². The molecular weight excluding hydrogens is 236 g/mol. The number of piperidine rings is 1. The summed E-state index contributed by atoms with van der Waals surface area (Å²) in [7, 11) is 0. The highest BCUT2D eigenvalue weighted by molar-refractivity contribution is 7.99. The van der Waals surface area contributed by atoms with Crippen LogP contribution in [0, 0.1) is 0 Å². The highest BCUT2D eigenvalue weighted by atomic mass is 32.2. The van der Waals surface area contributed by atoms with Gasteiger partial charge in [0, 0.05) is 11.8 Å². The Balaban J connectivity index is 2.00. The van der Waals surface area contributed by atoms with E-state index in [2.05, 4.69) is 23.8 Å². The van der Waals surface area contributed by atoms with Crippen LogP contribution >= 0.6 is 11.8 Å². The summed E-state index contributed by atoms with van der Waals surface area (Å²) >= 11 is 1.82. The Morgan fingerprint density at radius 1 is 1.53 bits per heavy atom. The van der Waals surface area contributed by atoms with Crippen LogP contribution in [0.4, 0.5) is 0 Å². The summed E-state index contributed by atoms with van der Waals surface area (Å²) in [6.45, 7) is 5.12. The van der Waals surface area contributed by atoms with E-state index in [0.717, 1.165) is 38.9 Å². The van der Waals surface area contributed by atoms with Crippen molar-refractivity contribution in [3.05, 3.63) is 0 Å². The Bertz CT molecular complexity index is 221. The summed E-state index contributed by atoms with van der Waals surface area (Å²) < 4.78 is 5.57. The monoisotopic (exact) mass is 260 g/mol. The fourth-order valence-electron chi connectivity index (χ4n) is 1.74. The molecule has 1 unspecified atom stereocenters. The fourth-order valence-corrected chi connectivity index (χ4v) is 2.09. The van der Waals surface area contributed by atoms with E-state index in [1.807, 2.05) is 11.8 Å². The minimum absolute atomic E-state index is 0.0110. The minimum atomic E-state index is 0.0110. The first-order valence-electron chi connectivity index (χ1n) is 6.34. The lowest BCUT2D eigenvalue weighted by atomic mass is 10.1. The molecule has 0 bridgehead atoms. The van der Waals surface area contributed by atoms with Gasteiger partial charge >= 0.3 is 0 Å². The molecule has 100 valence electrons. The van der Waals surface area contributed by atoms with Crippen LogP contribution < -0.4 is 10.6 Å². The van der Waals surface area contributed by atoms with Gasteiger partial charge in [0.15, 0.2) is 0 Å². The molecule has 17 heavy (non-hydrogen) atoms. The van der Waals surface area contributed by atoms with Gasteiger partial charge in [-0.25, -0.2) is 0 Å². The molecule has 5 heteroatoms. The van der Waals surface area contributed by atoms with Gasteiger partial charge in [-0.15, -0.1) is 0 Å². The van der Waals surface area contributed by atoms with E-state index in [9.17, 15) is 4.79 Å². The largest absolute Gasteiger partial charge is 0.368 e. The van der Waals surface area contributed by atoms with E-state index in [0.29, 0.717) is 5.25 Å². The third kappa shape index (κ3) is 6.91. The van der Waals surface area contributed by atoms with Crippen molar-refractivity contribution in [1.29, 1.82) is 0 Å². The quantitative estimate of drug-likeness (QED) is 0.717. The van der Waals surface area contributed by atoms with E-state index in [-0.39, 0.29) is 18.6 Å². The molecule has 0 aromatic rings. The molecule has 0 aliphatic carbocycles. The second-order valence-corrected chi connectivity index (χ2v) is 5.72. The van der Waals surface area contributed by atoms with Gasteiger partial charge in [0.2, 0.25) is 5.91 Å². The van der Waals surface area contributed by atoms with Gasteiger partial charge in [0.1, 0.15) is 6.61 Å². The molecule has 0 radical (unpaired) electrons. The summed E-state index contributed by atoms with van der Waals surface area (Å²) in [5.74, 6) is 0.0110. The molecule has 0 saturated carbocycles. The van der Waals surface area contributed by atoms with Crippen LogP contribution in [-0.4, -0.2) is 49.8 Å². The van der Waals surface area contributed by atoms with Crippen LogP contribution in [0.3, 0.4) is 0 Å². The molecule has 1 aliphatic heterocycles. The van der Waals surface area contributed by atoms with Gasteiger partial charge in [-0.2, -0.15) is 11.8 Å². The first-order chi connectivity index (χ1) is 8.22. The van der Waals surface area contributed by atoms with E-state index in [4.69, 9.17) is 4.74 Å². The van der Waals surface area contributed by atoms with Crippen LogP contribution in [0.25, 0.3) is 0 Å². The van der Waals surface area contributed by atoms with Crippen molar-refractivity contribution in [2.75, 3.05) is 32.5 Å². The van der Waals surface area contributed by atoms with E-state index in [1.165, 1.54) is 0 Å². The number of rotatable bonds is 7. The Morgan fingerprint density at radius 2 is 2.24 bits per heavy atom. The summed E-state index contributed by atoms with van der Waals surface area (Å²) in [6, 6.07) is 0. The Kier molecular flexibility index (Phi) is 7.64. The number of hydrogen-bond acceptors (Lipinski definition) is 4. The molecule has 0 aromatic carbocycles. The van der Waals surface area contributed by atoms with Crippen LogP contribution in [0.2, 0.25) is 0 Å². The zero-order valence-electron chi connectivity index (χ0n) is 10.8. The molecule has 0 aromatic heterocycles. The van der Waals surface area contributed by atoms with Crippen LogP contribution in [0.1, 0.15) is 26.2 Å². The van der Waals surface area contributed by atoms with Crippen molar-refractivity contribution < 1.29 is 9.53 Å². The normalized spacial score (nSPS) is 18.9. The van der Waals surface area contributed by atoms with Crippen molar-refractivity contribution in [2.45, 2.75) is 37.5 Å². The number of carbonyl (C=O) groups is 1. The van der Waals surface area contributed by atoms with Gasteiger partial charge in [0.05, 0.1) is 6.10 Å². The second-order valence-electron chi connectivity index (χ2n) is 4.45.